The van der Waals surface area contributed by atoms with Crippen molar-refractivity contribution in [2.75, 3.05) is 0 Å². The van der Waals surface area contributed by atoms with Crippen molar-refractivity contribution in [3.8, 4) is 0 Å². The molecule has 0 aliphatic carbocycles. The molecule has 0 aromatic heterocycles. The number of allylic oxidation sites excluding steroid dienone is 1. The maximum absolute atomic E-state index is 11.3. The molecule has 0 aliphatic heterocycles. The molecule has 1 aromatic rings. The second kappa shape index (κ2) is 4.24. The first-order chi connectivity index (χ1) is 6.19. The first-order valence-corrected chi connectivity index (χ1v) is 4.52. The number of carbonyl (C=O) groups excluding carboxylic acids is 1. The Balaban J connectivity index is 3.20. The van der Waals surface area contributed by atoms with Crippen LogP contribution in [0.4, 0.5) is 0 Å². The van der Waals surface area contributed by atoms with E-state index in [-0.39, 0.29) is 5.78 Å². The highest BCUT2D eigenvalue weighted by molar-refractivity contribution is 6.30. The molecule has 0 amide bonds. The summed E-state index contributed by atoms with van der Waals surface area (Å²) in [6.45, 7) is 5.44. The molecule has 0 saturated heterocycles. The lowest BCUT2D eigenvalue weighted by molar-refractivity contribution is 0.104. The van der Waals surface area contributed by atoms with Gasteiger partial charge in [-0.3, -0.25) is 4.79 Å². The first kappa shape index (κ1) is 10.0. The van der Waals surface area contributed by atoms with E-state index in [0.717, 1.165) is 12.0 Å². The van der Waals surface area contributed by atoms with Crippen LogP contribution in [0, 0.1) is 0 Å². The monoisotopic (exact) mass is 194 g/mol. The molecule has 0 aliphatic rings. The van der Waals surface area contributed by atoms with Crippen LogP contribution in [0.2, 0.25) is 5.02 Å². The number of carbonyl (C=O) groups is 1. The number of hydrogen-bond acceptors (Lipinski definition) is 1. The fourth-order valence-electron chi connectivity index (χ4n) is 1.21. The van der Waals surface area contributed by atoms with Gasteiger partial charge >= 0.3 is 0 Å². The highest BCUT2D eigenvalue weighted by atomic mass is 35.5. The summed E-state index contributed by atoms with van der Waals surface area (Å²) in [4.78, 5) is 11.3. The molecule has 2 heteroatoms. The summed E-state index contributed by atoms with van der Waals surface area (Å²) in [6.07, 6.45) is 2.12. The lowest BCUT2D eigenvalue weighted by atomic mass is 10.0. The Morgan fingerprint density at radius 2 is 2.31 bits per heavy atom. The second-order valence-corrected chi connectivity index (χ2v) is 3.16. The summed E-state index contributed by atoms with van der Waals surface area (Å²) in [7, 11) is 0. The highest BCUT2D eigenvalue weighted by Gasteiger charge is 2.06. The molecule has 0 fully saturated rings. The van der Waals surface area contributed by atoms with E-state index in [9.17, 15) is 4.79 Å². The third kappa shape index (κ3) is 2.19. The van der Waals surface area contributed by atoms with E-state index in [2.05, 4.69) is 6.58 Å². The summed E-state index contributed by atoms with van der Waals surface area (Å²) in [5.74, 6) is -0.0477. The van der Waals surface area contributed by atoms with Crippen molar-refractivity contribution in [3.63, 3.8) is 0 Å². The Hall–Kier alpha value is -1.08. The topological polar surface area (TPSA) is 17.1 Å². The van der Waals surface area contributed by atoms with E-state index in [4.69, 9.17) is 11.6 Å². The minimum atomic E-state index is -0.0477. The zero-order valence-corrected chi connectivity index (χ0v) is 8.27. The molecule has 0 radical (unpaired) electrons. The molecular weight excluding hydrogens is 184 g/mol. The molecular formula is C11H11ClO. The lowest BCUT2D eigenvalue weighted by Crippen LogP contribution is -1.99. The fraction of sp³-hybridized carbons (Fsp3) is 0.182. The van der Waals surface area contributed by atoms with Gasteiger partial charge in [-0.15, -0.1) is 0 Å². The number of hydrogen-bond donors (Lipinski definition) is 0. The van der Waals surface area contributed by atoms with Crippen LogP contribution < -0.4 is 0 Å². The van der Waals surface area contributed by atoms with Gasteiger partial charge in [0.25, 0.3) is 0 Å². The molecule has 68 valence electrons. The average Bonchev–Trinajstić information content (AvgIpc) is 2.16. The van der Waals surface area contributed by atoms with Gasteiger partial charge in [0, 0.05) is 10.6 Å². The smallest absolute Gasteiger partial charge is 0.185 e. The van der Waals surface area contributed by atoms with Gasteiger partial charge in [-0.2, -0.15) is 0 Å². The van der Waals surface area contributed by atoms with E-state index >= 15 is 0 Å². The molecule has 0 heterocycles. The van der Waals surface area contributed by atoms with Crippen LogP contribution in [0.3, 0.4) is 0 Å². The Morgan fingerprint density at radius 3 is 2.85 bits per heavy atom. The van der Waals surface area contributed by atoms with E-state index in [1.165, 1.54) is 6.08 Å². The minimum absolute atomic E-state index is 0.0477. The van der Waals surface area contributed by atoms with Crippen LogP contribution >= 0.6 is 11.6 Å². The van der Waals surface area contributed by atoms with Crippen molar-refractivity contribution < 1.29 is 4.79 Å². The molecule has 0 N–H and O–H groups in total. The second-order valence-electron chi connectivity index (χ2n) is 2.72. The average molecular weight is 195 g/mol. The molecule has 0 spiro atoms. The molecule has 0 atom stereocenters. The summed E-state index contributed by atoms with van der Waals surface area (Å²) in [5.41, 5.74) is 1.67. The molecule has 1 aromatic carbocycles. The first-order valence-electron chi connectivity index (χ1n) is 4.14. The minimum Gasteiger partial charge on any atom is -0.289 e. The van der Waals surface area contributed by atoms with Crippen molar-refractivity contribution in [1.82, 2.24) is 0 Å². The molecule has 0 bridgehead atoms. The summed E-state index contributed by atoms with van der Waals surface area (Å²) >= 11 is 5.81. The molecule has 0 saturated carbocycles. The van der Waals surface area contributed by atoms with Gasteiger partial charge in [0.2, 0.25) is 0 Å². The van der Waals surface area contributed by atoms with Gasteiger partial charge in [0.15, 0.2) is 5.78 Å². The van der Waals surface area contributed by atoms with Crippen molar-refractivity contribution >= 4 is 17.4 Å². The summed E-state index contributed by atoms with van der Waals surface area (Å²) < 4.78 is 0. The van der Waals surface area contributed by atoms with Crippen LogP contribution in [0.1, 0.15) is 22.8 Å². The van der Waals surface area contributed by atoms with E-state index < -0.39 is 0 Å². The maximum atomic E-state index is 11.3. The van der Waals surface area contributed by atoms with Gasteiger partial charge in [0.05, 0.1) is 0 Å². The number of halogens is 1. The van der Waals surface area contributed by atoms with E-state index in [1.807, 2.05) is 13.0 Å². The standard InChI is InChI=1S/C11H11ClO/c1-3-8-7-9(12)5-6-10(8)11(13)4-2/h4-7H,2-3H2,1H3. The number of ketones is 1. The number of rotatable bonds is 3. The van der Waals surface area contributed by atoms with Gasteiger partial charge < -0.3 is 0 Å². The summed E-state index contributed by atoms with van der Waals surface area (Å²) in [6, 6.07) is 5.28. The quantitative estimate of drug-likeness (QED) is 0.533. The van der Waals surface area contributed by atoms with Gasteiger partial charge in [0.1, 0.15) is 0 Å². The normalized spacial score (nSPS) is 9.69. The maximum Gasteiger partial charge on any atom is 0.185 e. The fourth-order valence-corrected chi connectivity index (χ4v) is 1.40. The zero-order valence-electron chi connectivity index (χ0n) is 7.51. The van der Waals surface area contributed by atoms with Gasteiger partial charge in [-0.25, -0.2) is 0 Å². The third-order valence-electron chi connectivity index (χ3n) is 1.90. The molecule has 1 rings (SSSR count). The Morgan fingerprint density at radius 1 is 1.62 bits per heavy atom. The van der Waals surface area contributed by atoms with Crippen LogP contribution in [-0.2, 0) is 6.42 Å². The zero-order chi connectivity index (χ0) is 9.84. The molecule has 13 heavy (non-hydrogen) atoms. The van der Waals surface area contributed by atoms with Crippen molar-refractivity contribution in [2.45, 2.75) is 13.3 Å². The van der Waals surface area contributed by atoms with Crippen molar-refractivity contribution in [3.05, 3.63) is 47.0 Å². The van der Waals surface area contributed by atoms with E-state index in [1.54, 1.807) is 12.1 Å². The predicted molar refractivity (Wildman–Crippen MR) is 55.4 cm³/mol. The van der Waals surface area contributed by atoms with Crippen LogP contribution in [0.15, 0.2) is 30.9 Å². The largest absolute Gasteiger partial charge is 0.289 e. The van der Waals surface area contributed by atoms with Crippen LogP contribution in [-0.4, -0.2) is 5.78 Å². The number of benzene rings is 1. The highest BCUT2D eigenvalue weighted by Crippen LogP contribution is 2.17. The molecule has 1 nitrogen and oxygen atoms in total. The van der Waals surface area contributed by atoms with Crippen LogP contribution in [0.5, 0.6) is 0 Å². The predicted octanol–water partition coefficient (Wildman–Crippen LogP) is 3.27. The van der Waals surface area contributed by atoms with Gasteiger partial charge in [-0.1, -0.05) is 25.1 Å². The lowest BCUT2D eigenvalue weighted by Gasteiger charge is -2.04. The van der Waals surface area contributed by atoms with Crippen LogP contribution in [0.25, 0.3) is 0 Å². The Labute approximate surface area is 83.0 Å². The molecule has 0 unspecified atom stereocenters. The third-order valence-corrected chi connectivity index (χ3v) is 2.13. The van der Waals surface area contributed by atoms with Crippen molar-refractivity contribution in [1.29, 1.82) is 0 Å². The van der Waals surface area contributed by atoms with Crippen molar-refractivity contribution in [2.24, 2.45) is 0 Å². The number of aryl methyl sites for hydroxylation is 1. The Bertz CT molecular complexity index is 342. The van der Waals surface area contributed by atoms with E-state index in [0.29, 0.717) is 10.6 Å². The summed E-state index contributed by atoms with van der Waals surface area (Å²) in [5, 5.41) is 0.664. The Kier molecular flexibility index (Phi) is 3.26. The van der Waals surface area contributed by atoms with Gasteiger partial charge in [-0.05, 0) is 36.3 Å². The SMILES string of the molecule is C=CC(=O)c1ccc(Cl)cc1CC.